The summed E-state index contributed by atoms with van der Waals surface area (Å²) in [4.78, 5) is 11.1. The van der Waals surface area contributed by atoms with Crippen LogP contribution in [0.1, 0.15) is 6.42 Å². The van der Waals surface area contributed by atoms with Gasteiger partial charge in [0.2, 0.25) is 5.91 Å². The van der Waals surface area contributed by atoms with Crippen molar-refractivity contribution in [3.63, 3.8) is 0 Å². The average molecular weight is 281 g/mol. The van der Waals surface area contributed by atoms with E-state index in [-0.39, 0.29) is 23.9 Å². The van der Waals surface area contributed by atoms with Crippen molar-refractivity contribution >= 4 is 39.1 Å². The van der Waals surface area contributed by atoms with E-state index >= 15 is 0 Å². The van der Waals surface area contributed by atoms with Gasteiger partial charge in [0.25, 0.3) is 0 Å². The normalized spacial score (nSPS) is 9.93. The Balaban J connectivity index is 2.75. The molecule has 14 heavy (non-hydrogen) atoms. The maximum Gasteiger partial charge on any atom is 0.225 e. The first-order valence-electron chi connectivity index (χ1n) is 3.94. The molecule has 1 amide bonds. The number of hydrogen-bond donors (Lipinski definition) is 1. The highest BCUT2D eigenvalue weighted by Crippen LogP contribution is 2.20. The van der Waals surface area contributed by atoms with E-state index in [0.717, 1.165) is 0 Å². The van der Waals surface area contributed by atoms with E-state index in [2.05, 4.69) is 21.2 Å². The van der Waals surface area contributed by atoms with Gasteiger partial charge >= 0.3 is 0 Å². The summed E-state index contributed by atoms with van der Waals surface area (Å²) in [7, 11) is 0. The van der Waals surface area contributed by atoms with E-state index in [4.69, 9.17) is 11.6 Å². The summed E-state index contributed by atoms with van der Waals surface area (Å²) >= 11 is 8.55. The van der Waals surface area contributed by atoms with Gasteiger partial charge in [0, 0.05) is 16.8 Å². The van der Waals surface area contributed by atoms with Gasteiger partial charge in [-0.2, -0.15) is 0 Å². The lowest BCUT2D eigenvalue weighted by atomic mass is 10.3. The second-order valence-corrected chi connectivity index (χ2v) is 3.90. The fraction of sp³-hybridized carbons (Fsp3) is 0.222. The molecule has 5 heteroatoms. The molecule has 1 rings (SSSR count). The van der Waals surface area contributed by atoms with Crippen molar-refractivity contribution in [2.75, 3.05) is 11.2 Å². The molecular formula is C9H8BrClFNO. The van der Waals surface area contributed by atoms with Gasteiger partial charge < -0.3 is 5.32 Å². The van der Waals surface area contributed by atoms with E-state index in [1.165, 1.54) is 12.1 Å². The Morgan fingerprint density at radius 1 is 1.57 bits per heavy atom. The topological polar surface area (TPSA) is 29.1 Å². The number of nitrogens with one attached hydrogen (secondary N) is 1. The van der Waals surface area contributed by atoms with Crippen LogP contribution in [0.2, 0.25) is 0 Å². The number of rotatable bonds is 3. The fourth-order valence-corrected chi connectivity index (χ4v) is 1.42. The van der Waals surface area contributed by atoms with E-state index < -0.39 is 5.82 Å². The van der Waals surface area contributed by atoms with E-state index in [0.29, 0.717) is 4.47 Å². The maximum absolute atomic E-state index is 13.1. The van der Waals surface area contributed by atoms with Crippen LogP contribution in [0.5, 0.6) is 0 Å². The van der Waals surface area contributed by atoms with Gasteiger partial charge in [-0.3, -0.25) is 4.79 Å². The van der Waals surface area contributed by atoms with Gasteiger partial charge in [-0.25, -0.2) is 4.39 Å². The van der Waals surface area contributed by atoms with Crippen molar-refractivity contribution in [2.45, 2.75) is 6.42 Å². The molecule has 0 fully saturated rings. The number of alkyl halides is 1. The number of benzene rings is 1. The lowest BCUT2D eigenvalue weighted by Gasteiger charge is -2.05. The van der Waals surface area contributed by atoms with Crippen molar-refractivity contribution < 1.29 is 9.18 Å². The van der Waals surface area contributed by atoms with Gasteiger partial charge in [0.15, 0.2) is 0 Å². The number of carbonyl (C=O) groups is 1. The summed E-state index contributed by atoms with van der Waals surface area (Å²) in [6.07, 6.45) is 0.174. The van der Waals surface area contributed by atoms with Crippen LogP contribution in [-0.2, 0) is 4.79 Å². The minimum atomic E-state index is -0.462. The van der Waals surface area contributed by atoms with Gasteiger partial charge in [-0.15, -0.1) is 11.6 Å². The van der Waals surface area contributed by atoms with Crippen molar-refractivity contribution in [3.8, 4) is 0 Å². The smallest absolute Gasteiger partial charge is 0.225 e. The number of carbonyl (C=O) groups excluding carboxylic acids is 1. The Morgan fingerprint density at radius 3 is 2.93 bits per heavy atom. The predicted molar refractivity (Wildman–Crippen MR) is 58.1 cm³/mol. The molecule has 0 unspecified atom stereocenters. The van der Waals surface area contributed by atoms with E-state index in [9.17, 15) is 9.18 Å². The zero-order valence-corrected chi connectivity index (χ0v) is 9.53. The highest BCUT2D eigenvalue weighted by molar-refractivity contribution is 9.10. The minimum Gasteiger partial charge on any atom is -0.324 e. The SMILES string of the molecule is O=C(CCCl)Nc1cc(Br)ccc1F. The quantitative estimate of drug-likeness (QED) is 0.847. The molecule has 0 bridgehead atoms. The predicted octanol–water partition coefficient (Wildman–Crippen LogP) is 3.16. The van der Waals surface area contributed by atoms with E-state index in [1.807, 2.05) is 0 Å². The van der Waals surface area contributed by atoms with Crippen molar-refractivity contribution in [2.24, 2.45) is 0 Å². The van der Waals surface area contributed by atoms with Gasteiger partial charge in [0.1, 0.15) is 5.82 Å². The number of amides is 1. The van der Waals surface area contributed by atoms with Crippen LogP contribution in [0.15, 0.2) is 22.7 Å². The molecule has 1 N–H and O–H groups in total. The average Bonchev–Trinajstić information content (AvgIpc) is 2.12. The Morgan fingerprint density at radius 2 is 2.29 bits per heavy atom. The molecule has 1 aromatic carbocycles. The summed E-state index contributed by atoms with van der Waals surface area (Å²) < 4.78 is 13.8. The molecule has 0 heterocycles. The second-order valence-electron chi connectivity index (χ2n) is 2.61. The van der Waals surface area contributed by atoms with Crippen LogP contribution in [0, 0.1) is 5.82 Å². The van der Waals surface area contributed by atoms with E-state index in [1.54, 1.807) is 6.07 Å². The van der Waals surface area contributed by atoms with Crippen LogP contribution in [-0.4, -0.2) is 11.8 Å². The molecule has 0 spiro atoms. The van der Waals surface area contributed by atoms with Crippen molar-refractivity contribution in [3.05, 3.63) is 28.5 Å². The lowest BCUT2D eigenvalue weighted by Crippen LogP contribution is -2.12. The Hall–Kier alpha value is -0.610. The van der Waals surface area contributed by atoms with Crippen LogP contribution in [0.4, 0.5) is 10.1 Å². The first kappa shape index (κ1) is 11.5. The molecule has 0 aliphatic rings. The molecule has 0 saturated heterocycles. The van der Waals surface area contributed by atoms with Gasteiger partial charge in [-0.1, -0.05) is 15.9 Å². The molecule has 0 saturated carbocycles. The van der Waals surface area contributed by atoms with Crippen LogP contribution >= 0.6 is 27.5 Å². The summed E-state index contributed by atoms with van der Waals surface area (Å²) in [6, 6.07) is 4.34. The largest absolute Gasteiger partial charge is 0.324 e. The third-order valence-electron chi connectivity index (χ3n) is 1.52. The zero-order valence-electron chi connectivity index (χ0n) is 7.19. The zero-order chi connectivity index (χ0) is 10.6. The number of hydrogen-bond acceptors (Lipinski definition) is 1. The molecule has 0 aromatic heterocycles. The molecule has 2 nitrogen and oxygen atoms in total. The summed E-state index contributed by atoms with van der Waals surface area (Å²) in [5.74, 6) is -0.533. The molecule has 76 valence electrons. The maximum atomic E-state index is 13.1. The first-order valence-corrected chi connectivity index (χ1v) is 5.27. The molecular weight excluding hydrogens is 272 g/mol. The summed E-state index contributed by atoms with van der Waals surface area (Å²) in [5, 5.41) is 2.42. The monoisotopic (exact) mass is 279 g/mol. The van der Waals surface area contributed by atoms with Crippen LogP contribution < -0.4 is 5.32 Å². The molecule has 0 aliphatic carbocycles. The molecule has 0 atom stereocenters. The Kier molecular flexibility index (Phi) is 4.35. The molecule has 0 aliphatic heterocycles. The molecule has 1 aromatic rings. The third kappa shape index (κ3) is 3.27. The highest BCUT2D eigenvalue weighted by atomic mass is 79.9. The van der Waals surface area contributed by atoms with Gasteiger partial charge in [0.05, 0.1) is 5.69 Å². The highest BCUT2D eigenvalue weighted by Gasteiger charge is 2.06. The van der Waals surface area contributed by atoms with Crippen LogP contribution in [0.25, 0.3) is 0 Å². The van der Waals surface area contributed by atoms with Crippen LogP contribution in [0.3, 0.4) is 0 Å². The minimum absolute atomic E-state index is 0.162. The number of anilines is 1. The van der Waals surface area contributed by atoms with Gasteiger partial charge in [-0.05, 0) is 18.2 Å². The summed E-state index contributed by atoms with van der Waals surface area (Å²) in [5.41, 5.74) is 0.162. The fourth-order valence-electron chi connectivity index (χ4n) is 0.892. The Bertz CT molecular complexity index is 346. The second kappa shape index (κ2) is 5.32. The standard InChI is InChI=1S/C9H8BrClFNO/c10-6-1-2-7(12)8(5-6)13-9(14)3-4-11/h1-2,5H,3-4H2,(H,13,14). The lowest BCUT2D eigenvalue weighted by molar-refractivity contribution is -0.115. The Labute approximate surface area is 94.6 Å². The first-order chi connectivity index (χ1) is 6.63. The number of halogens is 3. The molecule has 0 radical (unpaired) electrons. The van der Waals surface area contributed by atoms with Crippen molar-refractivity contribution in [1.82, 2.24) is 0 Å². The summed E-state index contributed by atoms with van der Waals surface area (Å²) in [6.45, 7) is 0. The van der Waals surface area contributed by atoms with Crippen molar-refractivity contribution in [1.29, 1.82) is 0 Å². The third-order valence-corrected chi connectivity index (χ3v) is 2.21.